The summed E-state index contributed by atoms with van der Waals surface area (Å²) < 4.78 is 23.4. The van der Waals surface area contributed by atoms with Crippen LogP contribution in [-0.2, 0) is 27.6 Å². The Kier molecular flexibility index (Phi) is 8.49. The van der Waals surface area contributed by atoms with Crippen molar-refractivity contribution in [2.24, 2.45) is 0 Å². The lowest BCUT2D eigenvalue weighted by atomic mass is 10.4. The van der Waals surface area contributed by atoms with Gasteiger partial charge in [-0.1, -0.05) is 73.8 Å². The third-order valence-corrected chi connectivity index (χ3v) is 11.0. The van der Waals surface area contributed by atoms with Gasteiger partial charge in [-0.25, -0.2) is 9.59 Å². The molecule has 0 heterocycles. The molecule has 8 heteroatoms. The second-order valence-electron chi connectivity index (χ2n) is 6.95. The lowest BCUT2D eigenvalue weighted by Gasteiger charge is -2.37. The molecule has 0 atom stereocenters. The molecule has 2 aromatic rings. The minimum atomic E-state index is -3.31. The van der Waals surface area contributed by atoms with Crippen LogP contribution in [0.15, 0.2) is 86.0 Å². The van der Waals surface area contributed by atoms with Crippen LogP contribution >= 0.6 is 0 Å². The highest BCUT2D eigenvalue weighted by atomic mass is 28.4. The van der Waals surface area contributed by atoms with Crippen molar-refractivity contribution in [2.45, 2.75) is 13.1 Å². The SMILES string of the molecule is C=CC(=O)OCO[Si](O[Si](C)(C)COC(=O)C=C)(c1ccccc1)c1ccccc1. The fourth-order valence-corrected chi connectivity index (χ4v) is 9.92. The quantitative estimate of drug-likeness (QED) is 0.230. The van der Waals surface area contributed by atoms with Crippen LogP contribution in [0.25, 0.3) is 0 Å². The van der Waals surface area contributed by atoms with Gasteiger partial charge in [-0.15, -0.1) is 0 Å². The van der Waals surface area contributed by atoms with Crippen LogP contribution in [0.1, 0.15) is 0 Å². The van der Waals surface area contributed by atoms with Gasteiger partial charge < -0.3 is 18.0 Å². The van der Waals surface area contributed by atoms with Crippen molar-refractivity contribution in [3.05, 3.63) is 86.0 Å². The Balaban J connectivity index is 2.47. The molecule has 158 valence electrons. The third-order valence-electron chi connectivity index (χ3n) is 4.09. The van der Waals surface area contributed by atoms with Gasteiger partial charge in [-0.3, -0.25) is 0 Å². The number of ether oxygens (including phenoxy) is 2. The molecule has 0 aliphatic carbocycles. The van der Waals surface area contributed by atoms with Crippen molar-refractivity contribution < 1.29 is 27.6 Å². The maximum Gasteiger partial charge on any atom is 0.399 e. The summed E-state index contributed by atoms with van der Waals surface area (Å²) in [7, 11) is -5.90. The van der Waals surface area contributed by atoms with Crippen molar-refractivity contribution >= 4 is 39.2 Å². The van der Waals surface area contributed by atoms with Crippen LogP contribution in [0, 0.1) is 0 Å². The molecule has 0 unspecified atom stereocenters. The maximum atomic E-state index is 11.6. The van der Waals surface area contributed by atoms with Gasteiger partial charge >= 0.3 is 20.5 Å². The summed E-state index contributed by atoms with van der Waals surface area (Å²) in [6, 6.07) is 19.1. The second-order valence-corrected chi connectivity index (χ2v) is 14.3. The van der Waals surface area contributed by atoms with Crippen LogP contribution in [0.3, 0.4) is 0 Å². The molecule has 0 aromatic heterocycles. The lowest BCUT2D eigenvalue weighted by molar-refractivity contribution is -0.145. The summed E-state index contributed by atoms with van der Waals surface area (Å²) in [6.45, 7) is 10.4. The van der Waals surface area contributed by atoms with Gasteiger partial charge in [0, 0.05) is 12.2 Å². The van der Waals surface area contributed by atoms with E-state index in [1.165, 1.54) is 0 Å². The topological polar surface area (TPSA) is 71.1 Å². The zero-order chi connectivity index (χ0) is 22.0. The van der Waals surface area contributed by atoms with Gasteiger partial charge in [-0.2, -0.15) is 0 Å². The third kappa shape index (κ3) is 6.36. The van der Waals surface area contributed by atoms with Gasteiger partial charge in [0.15, 0.2) is 6.79 Å². The van der Waals surface area contributed by atoms with Gasteiger partial charge in [0.2, 0.25) is 8.32 Å². The Morgan fingerprint density at radius 2 is 1.30 bits per heavy atom. The Hall–Kier alpha value is -2.79. The number of rotatable bonds is 11. The molecule has 2 rings (SSSR count). The molecule has 0 fully saturated rings. The predicted octanol–water partition coefficient (Wildman–Crippen LogP) is 2.44. The Labute approximate surface area is 179 Å². The zero-order valence-corrected chi connectivity index (χ0v) is 19.2. The Morgan fingerprint density at radius 3 is 1.77 bits per heavy atom. The Morgan fingerprint density at radius 1 is 0.833 bits per heavy atom. The smallest absolute Gasteiger partial charge is 0.399 e. The molecule has 0 saturated heterocycles. The van der Waals surface area contributed by atoms with E-state index in [0.29, 0.717) is 0 Å². The van der Waals surface area contributed by atoms with E-state index in [1.807, 2.05) is 73.8 Å². The van der Waals surface area contributed by atoms with Gasteiger partial charge in [0.05, 0.1) is 0 Å². The molecule has 0 aliphatic heterocycles. The first-order valence-electron chi connectivity index (χ1n) is 9.36. The van der Waals surface area contributed by atoms with E-state index < -0.39 is 28.8 Å². The standard InChI is InChI=1S/C22H26O6Si2/c1-5-21(23)25-17-27-30(19-13-9-7-10-14-19,20-15-11-8-12-16-20)28-29(3,4)18-26-22(24)6-2/h5-16H,1-2,17-18H2,3-4H3. The molecular formula is C22H26O6Si2. The van der Waals surface area contributed by atoms with Crippen molar-refractivity contribution in [3.63, 3.8) is 0 Å². The van der Waals surface area contributed by atoms with E-state index in [2.05, 4.69) is 13.2 Å². The molecule has 2 aromatic carbocycles. The molecule has 0 N–H and O–H groups in total. The zero-order valence-electron chi connectivity index (χ0n) is 17.2. The number of benzene rings is 2. The molecule has 0 saturated carbocycles. The number of hydrogen-bond acceptors (Lipinski definition) is 6. The van der Waals surface area contributed by atoms with E-state index in [4.69, 9.17) is 18.0 Å². The summed E-state index contributed by atoms with van der Waals surface area (Å²) >= 11 is 0. The molecular weight excluding hydrogens is 416 g/mol. The minimum absolute atomic E-state index is 0.127. The summed E-state index contributed by atoms with van der Waals surface area (Å²) in [5.41, 5.74) is 0. The summed E-state index contributed by atoms with van der Waals surface area (Å²) in [5, 5.41) is 1.70. The Bertz CT molecular complexity index is 828. The van der Waals surface area contributed by atoms with E-state index in [9.17, 15) is 9.59 Å². The first-order valence-corrected chi connectivity index (χ1v) is 14.3. The maximum absolute atomic E-state index is 11.6. The normalized spacial score (nSPS) is 11.4. The molecule has 0 spiro atoms. The monoisotopic (exact) mass is 442 g/mol. The number of carbonyl (C=O) groups is 2. The van der Waals surface area contributed by atoms with Crippen LogP contribution in [0.4, 0.5) is 0 Å². The summed E-state index contributed by atoms with van der Waals surface area (Å²) in [5.74, 6) is -1.10. The molecule has 6 nitrogen and oxygen atoms in total. The first-order chi connectivity index (χ1) is 14.3. The van der Waals surface area contributed by atoms with Crippen molar-refractivity contribution in [2.75, 3.05) is 13.0 Å². The predicted molar refractivity (Wildman–Crippen MR) is 120 cm³/mol. The van der Waals surface area contributed by atoms with Crippen LogP contribution in [0.5, 0.6) is 0 Å². The largest absolute Gasteiger partial charge is 0.463 e. The highest BCUT2D eigenvalue weighted by molar-refractivity contribution is 6.98. The van der Waals surface area contributed by atoms with Gasteiger partial charge in [0.25, 0.3) is 0 Å². The second kappa shape index (κ2) is 10.8. The van der Waals surface area contributed by atoms with E-state index in [0.717, 1.165) is 22.5 Å². The number of carbonyl (C=O) groups excluding carboxylic acids is 2. The molecule has 0 radical (unpaired) electrons. The lowest BCUT2D eigenvalue weighted by Crippen LogP contribution is -2.68. The summed E-state index contributed by atoms with van der Waals surface area (Å²) in [6.07, 6.45) is 2.32. The van der Waals surface area contributed by atoms with Gasteiger partial charge in [0.1, 0.15) is 6.23 Å². The fourth-order valence-electron chi connectivity index (χ4n) is 2.75. The fraction of sp³-hybridized carbons (Fsp3) is 0.182. The average molecular weight is 443 g/mol. The molecule has 30 heavy (non-hydrogen) atoms. The van der Waals surface area contributed by atoms with Gasteiger partial charge in [-0.05, 0) is 23.5 Å². The average Bonchev–Trinajstić information content (AvgIpc) is 2.77. The van der Waals surface area contributed by atoms with Crippen molar-refractivity contribution in [3.8, 4) is 0 Å². The van der Waals surface area contributed by atoms with Crippen LogP contribution < -0.4 is 10.4 Å². The van der Waals surface area contributed by atoms with Crippen molar-refractivity contribution in [1.82, 2.24) is 0 Å². The highest BCUT2D eigenvalue weighted by Crippen LogP contribution is 2.18. The minimum Gasteiger partial charge on any atom is -0.463 e. The van der Waals surface area contributed by atoms with Crippen LogP contribution in [-0.4, -0.2) is 41.8 Å². The first kappa shape index (κ1) is 23.5. The highest BCUT2D eigenvalue weighted by Gasteiger charge is 2.48. The molecule has 0 bridgehead atoms. The number of hydrogen-bond donors (Lipinski definition) is 0. The summed E-state index contributed by atoms with van der Waals surface area (Å²) in [4.78, 5) is 23.1. The van der Waals surface area contributed by atoms with E-state index >= 15 is 0 Å². The van der Waals surface area contributed by atoms with E-state index in [-0.39, 0.29) is 13.0 Å². The molecule has 0 amide bonds. The number of esters is 2. The van der Waals surface area contributed by atoms with Crippen LogP contribution in [0.2, 0.25) is 13.1 Å². The molecule has 0 aliphatic rings. The van der Waals surface area contributed by atoms with Crippen molar-refractivity contribution in [1.29, 1.82) is 0 Å². The van der Waals surface area contributed by atoms with E-state index in [1.54, 1.807) is 0 Å².